The summed E-state index contributed by atoms with van der Waals surface area (Å²) >= 11 is 0. The van der Waals surface area contributed by atoms with Crippen molar-refractivity contribution in [3.63, 3.8) is 0 Å². The first kappa shape index (κ1) is 16.7. The fraction of sp³-hybridized carbons (Fsp3) is 0.611. The van der Waals surface area contributed by atoms with Gasteiger partial charge in [-0.3, -0.25) is 4.79 Å². The van der Waals surface area contributed by atoms with E-state index in [-0.39, 0.29) is 5.91 Å². The Morgan fingerprint density at radius 2 is 1.50 bits per heavy atom. The molecule has 1 N–H and O–H groups in total. The van der Waals surface area contributed by atoms with Crippen LogP contribution in [0.15, 0.2) is 24.3 Å². The number of rotatable bonds is 8. The van der Waals surface area contributed by atoms with Crippen molar-refractivity contribution in [2.45, 2.75) is 59.9 Å². The van der Waals surface area contributed by atoms with Gasteiger partial charge < -0.3 is 5.32 Å². The molecule has 1 aromatic carbocycles. The summed E-state index contributed by atoms with van der Waals surface area (Å²) in [5, 5.41) is 2.99. The predicted octanol–water partition coefficient (Wildman–Crippen LogP) is 4.33. The highest BCUT2D eigenvalue weighted by atomic mass is 16.1. The number of hydrogen-bond donors (Lipinski definition) is 1. The van der Waals surface area contributed by atoms with Gasteiger partial charge >= 0.3 is 0 Å². The molecule has 0 aliphatic carbocycles. The molecule has 0 aliphatic heterocycles. The Balaban J connectivity index is 2.32. The molecule has 1 amide bonds. The Morgan fingerprint density at radius 3 is 2.05 bits per heavy atom. The molecule has 0 saturated carbocycles. The van der Waals surface area contributed by atoms with Crippen molar-refractivity contribution in [1.82, 2.24) is 5.32 Å². The zero-order valence-electron chi connectivity index (χ0n) is 13.4. The highest BCUT2D eigenvalue weighted by Gasteiger charge is 2.03. The highest BCUT2D eigenvalue weighted by Crippen LogP contribution is 2.10. The molecule has 1 aromatic rings. The molecule has 2 nitrogen and oxygen atoms in total. The first-order valence-electron chi connectivity index (χ1n) is 7.82. The van der Waals surface area contributed by atoms with Gasteiger partial charge in [-0.15, -0.1) is 0 Å². The monoisotopic (exact) mass is 275 g/mol. The van der Waals surface area contributed by atoms with Crippen molar-refractivity contribution in [2.75, 3.05) is 0 Å². The SMILES string of the molecule is CC(C)CCC(=O)NCc1ccc(CCC(C)C)cc1. The molecule has 0 bridgehead atoms. The maximum absolute atomic E-state index is 11.7. The summed E-state index contributed by atoms with van der Waals surface area (Å²) in [7, 11) is 0. The summed E-state index contributed by atoms with van der Waals surface area (Å²) < 4.78 is 0. The minimum absolute atomic E-state index is 0.155. The van der Waals surface area contributed by atoms with Gasteiger partial charge in [0, 0.05) is 13.0 Å². The number of aryl methyl sites for hydroxylation is 1. The predicted molar refractivity (Wildman–Crippen MR) is 85.5 cm³/mol. The molecule has 0 aromatic heterocycles. The van der Waals surface area contributed by atoms with Gasteiger partial charge in [-0.2, -0.15) is 0 Å². The van der Waals surface area contributed by atoms with Gasteiger partial charge in [0.2, 0.25) is 5.91 Å². The van der Waals surface area contributed by atoms with Gasteiger partial charge in [0.15, 0.2) is 0 Å². The van der Waals surface area contributed by atoms with Crippen LogP contribution in [0.25, 0.3) is 0 Å². The minimum atomic E-state index is 0.155. The van der Waals surface area contributed by atoms with Gasteiger partial charge in [-0.1, -0.05) is 52.0 Å². The van der Waals surface area contributed by atoms with E-state index in [1.165, 1.54) is 17.5 Å². The van der Waals surface area contributed by atoms with Crippen LogP contribution in [0.1, 0.15) is 58.1 Å². The Hall–Kier alpha value is -1.31. The average Bonchev–Trinajstić information content (AvgIpc) is 2.41. The Morgan fingerprint density at radius 1 is 0.950 bits per heavy atom. The van der Waals surface area contributed by atoms with Gasteiger partial charge in [-0.05, 0) is 42.2 Å². The van der Waals surface area contributed by atoms with Gasteiger partial charge in [-0.25, -0.2) is 0 Å². The van der Waals surface area contributed by atoms with Crippen molar-refractivity contribution in [3.8, 4) is 0 Å². The second kappa shape index (κ2) is 8.78. The molecular formula is C18H29NO. The fourth-order valence-electron chi connectivity index (χ4n) is 1.99. The summed E-state index contributed by atoms with van der Waals surface area (Å²) in [6, 6.07) is 8.60. The first-order valence-corrected chi connectivity index (χ1v) is 7.82. The summed E-state index contributed by atoms with van der Waals surface area (Å²) in [5.41, 5.74) is 2.56. The molecule has 0 radical (unpaired) electrons. The Labute approximate surface area is 124 Å². The van der Waals surface area contributed by atoms with Crippen LogP contribution >= 0.6 is 0 Å². The van der Waals surface area contributed by atoms with Crippen LogP contribution in [-0.4, -0.2) is 5.91 Å². The summed E-state index contributed by atoms with van der Waals surface area (Å²) in [4.78, 5) is 11.7. The molecule has 0 aliphatic rings. The van der Waals surface area contributed by atoms with Crippen molar-refractivity contribution < 1.29 is 4.79 Å². The Kier molecular flexibility index (Phi) is 7.35. The zero-order valence-corrected chi connectivity index (χ0v) is 13.4. The number of nitrogens with one attached hydrogen (secondary N) is 1. The van der Waals surface area contributed by atoms with E-state index in [0.29, 0.717) is 18.9 Å². The minimum Gasteiger partial charge on any atom is -0.352 e. The van der Waals surface area contributed by atoms with Crippen LogP contribution in [0.2, 0.25) is 0 Å². The third-order valence-corrected chi connectivity index (χ3v) is 3.47. The molecule has 0 fully saturated rings. The second-order valence-corrected chi connectivity index (χ2v) is 6.46. The summed E-state index contributed by atoms with van der Waals surface area (Å²) in [6.45, 7) is 9.43. The van der Waals surface area contributed by atoms with E-state index in [0.717, 1.165) is 18.8 Å². The van der Waals surface area contributed by atoms with Crippen molar-refractivity contribution in [2.24, 2.45) is 11.8 Å². The lowest BCUT2D eigenvalue weighted by Gasteiger charge is -2.08. The first-order chi connectivity index (χ1) is 9.47. The average molecular weight is 275 g/mol. The van der Waals surface area contributed by atoms with Crippen LogP contribution in [0.5, 0.6) is 0 Å². The fourth-order valence-corrected chi connectivity index (χ4v) is 1.99. The number of carbonyl (C=O) groups is 1. The molecule has 1 rings (SSSR count). The molecular weight excluding hydrogens is 246 g/mol. The van der Waals surface area contributed by atoms with Crippen LogP contribution in [0.3, 0.4) is 0 Å². The third-order valence-electron chi connectivity index (χ3n) is 3.47. The van der Waals surface area contributed by atoms with Crippen LogP contribution in [0, 0.1) is 11.8 Å². The van der Waals surface area contributed by atoms with E-state index in [1.807, 2.05) is 0 Å². The number of carbonyl (C=O) groups excluding carboxylic acids is 1. The topological polar surface area (TPSA) is 29.1 Å². The van der Waals surface area contributed by atoms with Crippen LogP contribution in [0.4, 0.5) is 0 Å². The smallest absolute Gasteiger partial charge is 0.220 e. The molecule has 0 saturated heterocycles. The number of hydrogen-bond acceptors (Lipinski definition) is 1. The second-order valence-electron chi connectivity index (χ2n) is 6.46. The van der Waals surface area contributed by atoms with Crippen molar-refractivity contribution in [1.29, 1.82) is 0 Å². The van der Waals surface area contributed by atoms with E-state index in [1.54, 1.807) is 0 Å². The molecule has 0 heterocycles. The normalized spacial score (nSPS) is 11.1. The van der Waals surface area contributed by atoms with E-state index in [4.69, 9.17) is 0 Å². The third kappa shape index (κ3) is 7.32. The molecule has 112 valence electrons. The Bertz CT molecular complexity index is 392. The standard InChI is InChI=1S/C18H29NO/c1-14(2)5-7-16-8-10-17(11-9-16)13-19-18(20)12-6-15(3)4/h8-11,14-15H,5-7,12-13H2,1-4H3,(H,19,20). The lowest BCUT2D eigenvalue weighted by Crippen LogP contribution is -2.22. The quantitative estimate of drug-likeness (QED) is 0.752. The molecule has 2 heteroatoms. The molecule has 0 spiro atoms. The molecule has 20 heavy (non-hydrogen) atoms. The van der Waals surface area contributed by atoms with E-state index >= 15 is 0 Å². The van der Waals surface area contributed by atoms with E-state index < -0.39 is 0 Å². The van der Waals surface area contributed by atoms with Crippen molar-refractivity contribution >= 4 is 5.91 Å². The number of amides is 1. The van der Waals surface area contributed by atoms with E-state index in [2.05, 4.69) is 57.3 Å². The highest BCUT2D eigenvalue weighted by molar-refractivity contribution is 5.75. The van der Waals surface area contributed by atoms with Crippen LogP contribution < -0.4 is 5.32 Å². The number of benzene rings is 1. The molecule has 0 atom stereocenters. The molecule has 0 unspecified atom stereocenters. The lowest BCUT2D eigenvalue weighted by molar-refractivity contribution is -0.121. The largest absolute Gasteiger partial charge is 0.352 e. The zero-order chi connectivity index (χ0) is 15.0. The van der Waals surface area contributed by atoms with Crippen LogP contribution in [-0.2, 0) is 17.8 Å². The maximum atomic E-state index is 11.7. The maximum Gasteiger partial charge on any atom is 0.220 e. The summed E-state index contributed by atoms with van der Waals surface area (Å²) in [5.74, 6) is 1.48. The van der Waals surface area contributed by atoms with Gasteiger partial charge in [0.05, 0.1) is 0 Å². The van der Waals surface area contributed by atoms with Crippen molar-refractivity contribution in [3.05, 3.63) is 35.4 Å². The lowest BCUT2D eigenvalue weighted by atomic mass is 10.0. The van der Waals surface area contributed by atoms with Gasteiger partial charge in [0.1, 0.15) is 0 Å². The van der Waals surface area contributed by atoms with Gasteiger partial charge in [0.25, 0.3) is 0 Å². The summed E-state index contributed by atoms with van der Waals surface area (Å²) in [6.07, 6.45) is 3.95. The van der Waals surface area contributed by atoms with E-state index in [9.17, 15) is 4.79 Å².